The normalized spacial score (nSPS) is 8.93. The molecule has 0 unspecified atom stereocenters. The Hall–Kier alpha value is -2.07. The first-order valence-corrected chi connectivity index (χ1v) is 13.2. The number of hydrogen-bond donors (Lipinski definition) is 1. The predicted molar refractivity (Wildman–Crippen MR) is 170 cm³/mol. The number of terminal acetylenes is 1. The Labute approximate surface area is 307 Å². The van der Waals surface area contributed by atoms with Crippen molar-refractivity contribution in [1.82, 2.24) is 6.15 Å². The standard InChI is InChI=1S/C29H29O8P.H3N.2Na.13H2/c1-3-5-7-9-11-13-14-15-16-18-19-21-23-28(30)35-25-27(26-36-38(32,33)34)37-29(31)24-22-20-17-12-10-8-6-4-2;;;;;;;;;;;;;;;;/h1,27H,4,6,8,10,12,17,20,22,24-26H2,2H3,(H2,32,33,34);1H3;;;13*1H/q;;2*+1;;;;;;;;;;;;;/p-2/t27-;;;;;;;;;;;;;;;;/m0................/s1. The zero-order chi connectivity index (χ0) is 28.3. The Balaban J connectivity index is -0.0000000570. The van der Waals surface area contributed by atoms with Crippen LogP contribution in [0.5, 0.6) is 0 Å². The first-order valence-electron chi connectivity index (χ1n) is 11.8. The summed E-state index contributed by atoms with van der Waals surface area (Å²) in [4.78, 5) is 45.3. The van der Waals surface area contributed by atoms with E-state index in [-0.39, 0.29) is 90.2 Å². The Bertz CT molecular complexity index is 1290. The molecule has 9 nitrogen and oxygen atoms in total. The number of hydrogen-bond acceptors (Lipinski definition) is 9. The van der Waals surface area contributed by atoms with Crippen molar-refractivity contribution in [1.29, 1.82) is 0 Å². The predicted octanol–water partition coefficient (Wildman–Crippen LogP) is -1.16. The minimum atomic E-state index is -5.32. The molecule has 232 valence electrons. The van der Waals surface area contributed by atoms with Crippen LogP contribution in [0.1, 0.15) is 83.3 Å². The third-order valence-electron chi connectivity index (χ3n) is 4.21. The number of esters is 2. The molecule has 0 radical (unpaired) electrons. The minimum absolute atomic E-state index is 0. The van der Waals surface area contributed by atoms with Crippen LogP contribution in [0.4, 0.5) is 0 Å². The molecule has 3 N–H and O–H groups in total. The molecule has 1 atom stereocenters. The average Bonchev–Trinajstić information content (AvgIpc) is 2.87. The molecule has 0 rings (SSSR count). The number of rotatable bonds is 15. The van der Waals surface area contributed by atoms with E-state index in [1.54, 1.807) is 0 Å². The van der Waals surface area contributed by atoms with Gasteiger partial charge in [-0.15, -0.1) is 6.42 Å². The minimum Gasteiger partial charge on any atom is -0.790 e. The van der Waals surface area contributed by atoms with Gasteiger partial charge in [-0.05, 0) is 77.5 Å². The van der Waals surface area contributed by atoms with E-state index in [1.165, 1.54) is 19.3 Å². The third kappa shape index (κ3) is 35.9. The van der Waals surface area contributed by atoms with E-state index >= 15 is 0 Å². The molecule has 0 amide bonds. The number of ether oxygens (including phenoxy) is 2. The van der Waals surface area contributed by atoms with Crippen molar-refractivity contribution in [2.24, 2.45) is 0 Å². The van der Waals surface area contributed by atoms with Crippen LogP contribution in [0.15, 0.2) is 0 Å². The van der Waals surface area contributed by atoms with Crippen LogP contribution in [0.2, 0.25) is 0 Å². The van der Waals surface area contributed by atoms with E-state index in [4.69, 9.17) is 15.9 Å². The molecule has 0 aliphatic carbocycles. The quantitative estimate of drug-likeness (QED) is 0.0593. The summed E-state index contributed by atoms with van der Waals surface area (Å²) in [7, 11) is -5.32. The van der Waals surface area contributed by atoms with Gasteiger partial charge < -0.3 is 34.5 Å². The maximum atomic E-state index is 12.1. The van der Waals surface area contributed by atoms with Crippen LogP contribution in [-0.4, -0.2) is 31.3 Å². The SMILES string of the molecule is C#CC#CC#CC#CC#CC#CC#CC(=O)OC[C@@H](COP(=O)([O-])[O-])OC(=O)CCCCCCCCCC.N.[HH].[HH].[HH].[HH].[HH].[HH].[HH].[HH].[HH].[HH].[HH].[HH].[HH].[Na+].[Na+]. The maximum Gasteiger partial charge on any atom is 1.00 e. The Morgan fingerprint density at radius 3 is 1.73 bits per heavy atom. The molecule has 0 aliphatic rings. The monoisotopic (exact) mass is 623 g/mol. The summed E-state index contributed by atoms with van der Waals surface area (Å²) >= 11 is 0. The van der Waals surface area contributed by atoms with E-state index in [0.717, 1.165) is 25.7 Å². The van der Waals surface area contributed by atoms with Gasteiger partial charge in [0.05, 0.1) is 14.4 Å². The van der Waals surface area contributed by atoms with Crippen LogP contribution < -0.4 is 75.1 Å². The number of carbonyl (C=O) groups excluding carboxylic acids is 2. The molecule has 0 aromatic rings. The van der Waals surface area contributed by atoms with E-state index < -0.39 is 39.1 Å². The third-order valence-corrected chi connectivity index (χ3v) is 4.68. The van der Waals surface area contributed by atoms with Crippen molar-refractivity contribution in [2.75, 3.05) is 13.2 Å². The van der Waals surface area contributed by atoms with Crippen molar-refractivity contribution in [3.05, 3.63) is 0 Å². The smallest absolute Gasteiger partial charge is 0.790 e. The van der Waals surface area contributed by atoms with Gasteiger partial charge in [0.1, 0.15) is 6.61 Å². The summed E-state index contributed by atoms with van der Waals surface area (Å²) in [6.07, 6.45) is 12.0. The number of carbonyl (C=O) groups is 2. The van der Waals surface area contributed by atoms with Crippen molar-refractivity contribution in [2.45, 2.75) is 70.8 Å². The summed E-state index contributed by atoms with van der Waals surface area (Å²) in [6.45, 7) is 0.800. The fourth-order valence-electron chi connectivity index (χ4n) is 2.54. The largest absolute Gasteiger partial charge is 1.00 e. The summed E-state index contributed by atoms with van der Waals surface area (Å²) in [5.41, 5.74) is 0. The second kappa shape index (κ2) is 32.4. The second-order valence-electron chi connectivity index (χ2n) is 7.32. The zero-order valence-electron chi connectivity index (χ0n) is 23.9. The topological polar surface area (TPSA) is 160 Å². The first-order chi connectivity index (χ1) is 18.3. The van der Waals surface area contributed by atoms with Crippen LogP contribution in [0.25, 0.3) is 0 Å². The molecule has 41 heavy (non-hydrogen) atoms. The van der Waals surface area contributed by atoms with Crippen molar-refractivity contribution >= 4 is 19.8 Å². The molecule has 0 bridgehead atoms. The molecular weight excluding hydrogens is 567 g/mol. The van der Waals surface area contributed by atoms with Gasteiger partial charge >= 0.3 is 71.1 Å². The molecule has 12 heteroatoms. The van der Waals surface area contributed by atoms with E-state index in [0.29, 0.717) is 6.42 Å². The summed E-state index contributed by atoms with van der Waals surface area (Å²) in [5, 5.41) is 0. The Morgan fingerprint density at radius 1 is 0.780 bits per heavy atom. The summed E-state index contributed by atoms with van der Waals surface area (Å²) < 4.78 is 24.9. The van der Waals surface area contributed by atoms with Crippen molar-refractivity contribution < 1.29 is 116 Å². The van der Waals surface area contributed by atoms with Crippen LogP contribution >= 0.6 is 7.82 Å². The zero-order valence-corrected chi connectivity index (χ0v) is 28.7. The Kier molecular flexibility index (Phi) is 36.3. The maximum absolute atomic E-state index is 12.1. The average molecular weight is 624 g/mol. The first kappa shape index (κ1) is 45.9. The fourth-order valence-corrected chi connectivity index (χ4v) is 2.89. The van der Waals surface area contributed by atoms with Gasteiger partial charge in [-0.2, -0.15) is 0 Å². The molecule has 0 aromatic heterocycles. The number of unbranched alkanes of at least 4 members (excludes halogenated alkanes) is 7. The molecular formula is C29H56NNa2O8P. The van der Waals surface area contributed by atoms with Crippen LogP contribution in [0, 0.1) is 83.4 Å². The van der Waals surface area contributed by atoms with Gasteiger partial charge in [-0.25, -0.2) is 4.79 Å². The van der Waals surface area contributed by atoms with Crippen LogP contribution in [0.3, 0.4) is 0 Å². The molecule has 0 aliphatic heterocycles. The second-order valence-corrected chi connectivity index (χ2v) is 8.48. The van der Waals surface area contributed by atoms with E-state index in [1.807, 2.05) is 0 Å². The van der Waals surface area contributed by atoms with E-state index in [9.17, 15) is 23.9 Å². The van der Waals surface area contributed by atoms with E-state index in [2.05, 4.69) is 88.4 Å². The van der Waals surface area contributed by atoms with Crippen molar-refractivity contribution in [3.63, 3.8) is 0 Å². The molecule has 0 saturated heterocycles. The Morgan fingerprint density at radius 2 is 1.24 bits per heavy atom. The van der Waals surface area contributed by atoms with Gasteiger partial charge in [0, 0.05) is 30.9 Å². The van der Waals surface area contributed by atoms with Gasteiger partial charge in [0.2, 0.25) is 0 Å². The molecule has 0 saturated carbocycles. The fraction of sp³-hybridized carbons (Fsp3) is 0.448. The van der Waals surface area contributed by atoms with Crippen LogP contribution in [-0.2, 0) is 28.2 Å². The van der Waals surface area contributed by atoms with Gasteiger partial charge in [-0.3, -0.25) is 4.79 Å². The molecule has 0 aromatic carbocycles. The summed E-state index contributed by atoms with van der Waals surface area (Å²) in [5.74, 6) is 28.3. The molecule has 0 spiro atoms. The van der Waals surface area contributed by atoms with Crippen molar-refractivity contribution in [3.8, 4) is 83.4 Å². The number of phosphoric ester groups is 1. The van der Waals surface area contributed by atoms with Gasteiger partial charge in [0.15, 0.2) is 6.10 Å². The molecule has 0 heterocycles. The summed E-state index contributed by atoms with van der Waals surface area (Å²) in [6, 6.07) is 0. The van der Waals surface area contributed by atoms with Gasteiger partial charge in [-0.1, -0.05) is 51.9 Å². The molecule has 0 fully saturated rings. The van der Waals surface area contributed by atoms with Gasteiger partial charge in [0.25, 0.3) is 0 Å². The number of phosphoric acid groups is 1.